The molecule has 1 amide bonds. The Balaban J connectivity index is 1.55. The van der Waals surface area contributed by atoms with Gasteiger partial charge in [0.2, 0.25) is 0 Å². The fourth-order valence-electron chi connectivity index (χ4n) is 2.99. The fraction of sp³-hybridized carbons (Fsp3) is 0.0909. The summed E-state index contributed by atoms with van der Waals surface area (Å²) in [5.41, 5.74) is 2.01. The number of esters is 1. The molecule has 0 aliphatic heterocycles. The summed E-state index contributed by atoms with van der Waals surface area (Å²) in [6.45, 7) is 1.02. The van der Waals surface area contributed by atoms with Gasteiger partial charge in [0.15, 0.2) is 18.2 Å². The maximum Gasteiger partial charge on any atom is 0.339 e. The third-order valence-corrected chi connectivity index (χ3v) is 4.44. The summed E-state index contributed by atoms with van der Waals surface area (Å²) in [4.78, 5) is 29.2. The summed E-state index contributed by atoms with van der Waals surface area (Å²) in [5.74, 6) is -3.64. The van der Waals surface area contributed by atoms with Crippen LogP contribution in [0.2, 0.25) is 0 Å². The molecule has 2 aromatic carbocycles. The van der Waals surface area contributed by atoms with Gasteiger partial charge in [-0.1, -0.05) is 35.5 Å². The van der Waals surface area contributed by atoms with Crippen molar-refractivity contribution in [3.05, 3.63) is 77.5 Å². The van der Waals surface area contributed by atoms with Crippen molar-refractivity contribution in [1.29, 1.82) is 0 Å². The first-order valence-corrected chi connectivity index (χ1v) is 9.17. The quantitative estimate of drug-likeness (QED) is 0.482. The molecule has 4 aromatic rings. The van der Waals surface area contributed by atoms with Crippen LogP contribution < -0.4 is 5.32 Å². The smallest absolute Gasteiger partial charge is 0.339 e. The number of hydrogen-bond acceptors (Lipinski definition) is 6. The third-order valence-electron chi connectivity index (χ3n) is 4.44. The molecule has 0 fully saturated rings. The lowest BCUT2D eigenvalue weighted by molar-refractivity contribution is -0.119. The van der Waals surface area contributed by atoms with E-state index in [1.165, 1.54) is 12.1 Å². The minimum absolute atomic E-state index is 0.0347. The molecule has 0 saturated heterocycles. The average molecular weight is 423 g/mol. The number of nitrogens with one attached hydrogen (secondary N) is 1. The number of carbonyl (C=O) groups excluding carboxylic acids is 2. The summed E-state index contributed by atoms with van der Waals surface area (Å²) >= 11 is 0. The Kier molecular flexibility index (Phi) is 5.40. The predicted molar refractivity (Wildman–Crippen MR) is 107 cm³/mol. The molecule has 31 heavy (non-hydrogen) atoms. The number of benzene rings is 2. The van der Waals surface area contributed by atoms with Gasteiger partial charge in [0.05, 0.1) is 22.3 Å². The molecular weight excluding hydrogens is 408 g/mol. The van der Waals surface area contributed by atoms with Crippen LogP contribution in [0, 0.1) is 18.6 Å². The highest BCUT2D eigenvalue weighted by molar-refractivity contribution is 6.05. The number of pyridine rings is 1. The molecule has 0 unspecified atom stereocenters. The van der Waals surface area contributed by atoms with Crippen molar-refractivity contribution in [1.82, 2.24) is 10.1 Å². The molecule has 0 atom stereocenters. The first kappa shape index (κ1) is 20.1. The van der Waals surface area contributed by atoms with Crippen molar-refractivity contribution in [3.63, 3.8) is 0 Å². The van der Waals surface area contributed by atoms with Gasteiger partial charge in [-0.3, -0.25) is 4.79 Å². The summed E-state index contributed by atoms with van der Waals surface area (Å²) in [7, 11) is 0. The average Bonchev–Trinajstić information content (AvgIpc) is 3.15. The van der Waals surface area contributed by atoms with Crippen LogP contribution in [-0.4, -0.2) is 28.6 Å². The Morgan fingerprint density at radius 3 is 2.58 bits per heavy atom. The standard InChI is InChI=1S/C22H15F2N3O4/c1-12-20-15(10-18(26-21(20)31-27-12)13-5-3-2-4-6-13)22(29)30-11-19(28)25-14-7-8-16(23)17(24)9-14/h2-10H,11H2,1H3,(H,25,28). The van der Waals surface area contributed by atoms with Crippen molar-refractivity contribution in [2.45, 2.75) is 6.92 Å². The second-order valence-electron chi connectivity index (χ2n) is 6.62. The largest absolute Gasteiger partial charge is 0.452 e. The van der Waals surface area contributed by atoms with Gasteiger partial charge in [0, 0.05) is 17.3 Å². The number of amides is 1. The fourth-order valence-corrected chi connectivity index (χ4v) is 2.99. The number of hydrogen-bond donors (Lipinski definition) is 1. The van der Waals surface area contributed by atoms with Crippen molar-refractivity contribution in [3.8, 4) is 11.3 Å². The van der Waals surface area contributed by atoms with E-state index in [-0.39, 0.29) is 17.0 Å². The number of aromatic nitrogens is 2. The predicted octanol–water partition coefficient (Wildman–Crippen LogP) is 4.27. The minimum Gasteiger partial charge on any atom is -0.452 e. The molecule has 0 aliphatic carbocycles. The minimum atomic E-state index is -1.11. The van der Waals surface area contributed by atoms with Gasteiger partial charge in [-0.2, -0.15) is 0 Å². The van der Waals surface area contributed by atoms with E-state index in [1.54, 1.807) is 6.92 Å². The van der Waals surface area contributed by atoms with Crippen LogP contribution >= 0.6 is 0 Å². The van der Waals surface area contributed by atoms with Gasteiger partial charge < -0.3 is 14.6 Å². The number of rotatable bonds is 5. The number of nitrogens with zero attached hydrogens (tertiary/aromatic N) is 2. The van der Waals surface area contributed by atoms with E-state index in [4.69, 9.17) is 9.26 Å². The van der Waals surface area contributed by atoms with Crippen LogP contribution in [0.25, 0.3) is 22.4 Å². The van der Waals surface area contributed by atoms with Gasteiger partial charge >= 0.3 is 5.97 Å². The van der Waals surface area contributed by atoms with E-state index in [9.17, 15) is 18.4 Å². The van der Waals surface area contributed by atoms with Crippen LogP contribution in [0.1, 0.15) is 16.1 Å². The van der Waals surface area contributed by atoms with Crippen molar-refractivity contribution in [2.75, 3.05) is 11.9 Å². The van der Waals surface area contributed by atoms with Crippen LogP contribution in [0.4, 0.5) is 14.5 Å². The lowest BCUT2D eigenvalue weighted by Gasteiger charge is -2.09. The van der Waals surface area contributed by atoms with Gasteiger partial charge in [0.1, 0.15) is 0 Å². The normalized spacial score (nSPS) is 10.8. The van der Waals surface area contributed by atoms with Crippen LogP contribution in [0.15, 0.2) is 59.1 Å². The maximum atomic E-state index is 13.3. The van der Waals surface area contributed by atoms with Gasteiger partial charge in [-0.15, -0.1) is 0 Å². The van der Waals surface area contributed by atoms with E-state index in [0.717, 1.165) is 17.7 Å². The SMILES string of the molecule is Cc1noc2nc(-c3ccccc3)cc(C(=O)OCC(=O)Nc3ccc(F)c(F)c3)c12. The Morgan fingerprint density at radius 2 is 1.84 bits per heavy atom. The molecule has 2 heterocycles. The van der Waals surface area contributed by atoms with Crippen LogP contribution in [0.5, 0.6) is 0 Å². The van der Waals surface area contributed by atoms with Crippen molar-refractivity contribution >= 4 is 28.7 Å². The zero-order valence-corrected chi connectivity index (χ0v) is 16.2. The molecule has 7 nitrogen and oxygen atoms in total. The van der Waals surface area contributed by atoms with Crippen LogP contribution in [-0.2, 0) is 9.53 Å². The zero-order chi connectivity index (χ0) is 22.0. The van der Waals surface area contributed by atoms with Gasteiger partial charge in [-0.25, -0.2) is 18.6 Å². The highest BCUT2D eigenvalue weighted by atomic mass is 19.2. The topological polar surface area (TPSA) is 94.3 Å². The highest BCUT2D eigenvalue weighted by Crippen LogP contribution is 2.27. The Morgan fingerprint density at radius 1 is 1.06 bits per heavy atom. The molecule has 0 saturated carbocycles. The number of fused-ring (bicyclic) bond motifs is 1. The molecule has 2 aromatic heterocycles. The lowest BCUT2D eigenvalue weighted by atomic mass is 10.1. The number of anilines is 1. The van der Waals surface area contributed by atoms with E-state index in [1.807, 2.05) is 30.3 Å². The highest BCUT2D eigenvalue weighted by Gasteiger charge is 2.21. The molecule has 0 spiro atoms. The Labute approximate surface area is 174 Å². The van der Waals surface area contributed by atoms with E-state index in [2.05, 4.69) is 15.5 Å². The maximum absolute atomic E-state index is 13.3. The van der Waals surface area contributed by atoms with Gasteiger partial charge in [0.25, 0.3) is 11.6 Å². The Bertz CT molecular complexity index is 1290. The molecular formula is C22H15F2N3O4. The molecule has 1 N–H and O–H groups in total. The van der Waals surface area contributed by atoms with Gasteiger partial charge in [-0.05, 0) is 25.1 Å². The number of carbonyl (C=O) groups is 2. The second-order valence-corrected chi connectivity index (χ2v) is 6.62. The number of aryl methyl sites for hydroxylation is 1. The molecule has 0 bridgehead atoms. The van der Waals surface area contributed by atoms with E-state index in [0.29, 0.717) is 16.8 Å². The molecule has 156 valence electrons. The first-order valence-electron chi connectivity index (χ1n) is 9.17. The Hall–Kier alpha value is -4.14. The van der Waals surface area contributed by atoms with E-state index >= 15 is 0 Å². The second kappa shape index (κ2) is 8.31. The molecule has 0 aliphatic rings. The number of ether oxygens (including phenoxy) is 1. The molecule has 9 heteroatoms. The third kappa shape index (κ3) is 4.25. The van der Waals surface area contributed by atoms with Crippen molar-refractivity contribution in [2.24, 2.45) is 0 Å². The summed E-state index contributed by atoms with van der Waals surface area (Å²) in [6.07, 6.45) is 0. The van der Waals surface area contributed by atoms with Crippen LogP contribution in [0.3, 0.4) is 0 Å². The summed E-state index contributed by atoms with van der Waals surface area (Å²) < 4.78 is 36.6. The lowest BCUT2D eigenvalue weighted by Crippen LogP contribution is -2.21. The monoisotopic (exact) mass is 423 g/mol. The van der Waals surface area contributed by atoms with E-state index < -0.39 is 30.1 Å². The molecule has 4 rings (SSSR count). The summed E-state index contributed by atoms with van der Waals surface area (Å²) in [6, 6.07) is 13.6. The number of halogens is 2. The van der Waals surface area contributed by atoms with Crippen molar-refractivity contribution < 1.29 is 27.6 Å². The first-order chi connectivity index (χ1) is 14.9. The zero-order valence-electron chi connectivity index (χ0n) is 16.2. The molecule has 0 radical (unpaired) electrons. The summed E-state index contributed by atoms with van der Waals surface area (Å²) in [5, 5.41) is 6.56.